The molecule has 1 nitrogen and oxygen atoms in total. The fraction of sp³-hybridized carbons (Fsp3) is 0.333. The Labute approximate surface area is 108 Å². The molecule has 0 aromatic heterocycles. The van der Waals surface area contributed by atoms with Crippen LogP contribution >= 0.6 is 11.8 Å². The van der Waals surface area contributed by atoms with Gasteiger partial charge < -0.3 is 5.32 Å². The zero-order valence-electron chi connectivity index (χ0n) is 10.9. The minimum absolute atomic E-state index is 0.962. The van der Waals surface area contributed by atoms with Crippen molar-refractivity contribution in [2.24, 2.45) is 0 Å². The third kappa shape index (κ3) is 2.27. The van der Waals surface area contributed by atoms with E-state index in [4.69, 9.17) is 0 Å². The van der Waals surface area contributed by atoms with E-state index in [-0.39, 0.29) is 0 Å². The van der Waals surface area contributed by atoms with Gasteiger partial charge in [0.2, 0.25) is 0 Å². The fourth-order valence-corrected chi connectivity index (χ4v) is 2.61. The van der Waals surface area contributed by atoms with Crippen LogP contribution in [0.25, 0.3) is 10.8 Å². The lowest BCUT2D eigenvalue weighted by atomic mass is 10.00. The third-order valence-electron chi connectivity index (χ3n) is 3.22. The molecule has 0 aliphatic heterocycles. The highest BCUT2D eigenvalue weighted by Gasteiger charge is 2.07. The van der Waals surface area contributed by atoms with Gasteiger partial charge in [-0.05, 0) is 55.7 Å². The molecule has 0 saturated heterocycles. The Balaban J connectivity index is 2.72. The van der Waals surface area contributed by atoms with E-state index in [2.05, 4.69) is 56.6 Å². The summed E-state index contributed by atoms with van der Waals surface area (Å²) in [5.41, 5.74) is 4.00. The average molecular weight is 245 g/mol. The van der Waals surface area contributed by atoms with Gasteiger partial charge in [-0.15, -0.1) is 11.8 Å². The second-order valence-electron chi connectivity index (χ2n) is 4.31. The van der Waals surface area contributed by atoms with Gasteiger partial charge in [0.1, 0.15) is 0 Å². The van der Waals surface area contributed by atoms with Crippen LogP contribution in [-0.4, -0.2) is 12.8 Å². The lowest BCUT2D eigenvalue weighted by Crippen LogP contribution is -2.01. The topological polar surface area (TPSA) is 12.0 Å². The number of thioether (sulfide) groups is 1. The van der Waals surface area contributed by atoms with Crippen LogP contribution < -0.4 is 5.32 Å². The van der Waals surface area contributed by atoms with E-state index in [9.17, 15) is 0 Å². The molecule has 2 rings (SSSR count). The molecule has 0 aliphatic carbocycles. The molecule has 1 N–H and O–H groups in total. The highest BCUT2D eigenvalue weighted by molar-refractivity contribution is 7.98. The van der Waals surface area contributed by atoms with Crippen LogP contribution in [-0.2, 0) is 0 Å². The molecule has 0 unspecified atom stereocenters. The number of nitrogens with one attached hydrogen (secondary N) is 1. The zero-order valence-corrected chi connectivity index (χ0v) is 11.7. The van der Waals surface area contributed by atoms with Crippen LogP contribution in [0, 0.1) is 13.8 Å². The maximum atomic E-state index is 3.49. The Hall–Kier alpha value is -1.15. The van der Waals surface area contributed by atoms with Crippen LogP contribution in [0.5, 0.6) is 0 Å². The Morgan fingerprint density at radius 1 is 1.18 bits per heavy atom. The van der Waals surface area contributed by atoms with Gasteiger partial charge in [-0.3, -0.25) is 0 Å². The van der Waals surface area contributed by atoms with Crippen molar-refractivity contribution in [3.8, 4) is 0 Å². The smallest absolute Gasteiger partial charge is 0.0452 e. The van der Waals surface area contributed by atoms with Crippen molar-refractivity contribution in [2.45, 2.75) is 25.7 Å². The summed E-state index contributed by atoms with van der Waals surface area (Å²) in [7, 11) is 0. The number of anilines is 1. The van der Waals surface area contributed by atoms with Crippen LogP contribution in [0.2, 0.25) is 0 Å². The molecular weight excluding hydrogens is 226 g/mol. The van der Waals surface area contributed by atoms with Crippen molar-refractivity contribution in [1.29, 1.82) is 0 Å². The summed E-state index contributed by atoms with van der Waals surface area (Å²) in [6, 6.07) is 8.98. The van der Waals surface area contributed by atoms with Gasteiger partial charge >= 0.3 is 0 Å². The lowest BCUT2D eigenvalue weighted by Gasteiger charge is -2.14. The number of aryl methyl sites for hydroxylation is 1. The third-order valence-corrected chi connectivity index (χ3v) is 3.95. The summed E-state index contributed by atoms with van der Waals surface area (Å²) in [4.78, 5) is 1.32. The summed E-state index contributed by atoms with van der Waals surface area (Å²) in [5.74, 6) is 0. The minimum Gasteiger partial charge on any atom is -0.385 e. The van der Waals surface area contributed by atoms with E-state index in [0.717, 1.165) is 6.54 Å². The van der Waals surface area contributed by atoms with Crippen molar-refractivity contribution >= 4 is 28.2 Å². The summed E-state index contributed by atoms with van der Waals surface area (Å²) in [6.07, 6.45) is 2.12. The monoisotopic (exact) mass is 245 g/mol. The quantitative estimate of drug-likeness (QED) is 0.792. The molecule has 0 saturated carbocycles. The molecule has 2 aromatic rings. The maximum Gasteiger partial charge on any atom is 0.0452 e. The van der Waals surface area contributed by atoms with E-state index in [1.165, 1.54) is 32.5 Å². The van der Waals surface area contributed by atoms with Crippen molar-refractivity contribution in [2.75, 3.05) is 18.1 Å². The zero-order chi connectivity index (χ0) is 12.4. The molecule has 0 amide bonds. The second kappa shape index (κ2) is 5.01. The molecule has 17 heavy (non-hydrogen) atoms. The van der Waals surface area contributed by atoms with Crippen LogP contribution in [0.1, 0.15) is 18.1 Å². The fourth-order valence-electron chi connectivity index (χ4n) is 2.16. The summed E-state index contributed by atoms with van der Waals surface area (Å²) in [5, 5.41) is 6.15. The van der Waals surface area contributed by atoms with E-state index in [1.54, 1.807) is 11.8 Å². The minimum atomic E-state index is 0.962. The van der Waals surface area contributed by atoms with Gasteiger partial charge in [-0.2, -0.15) is 0 Å². The van der Waals surface area contributed by atoms with E-state index < -0.39 is 0 Å². The van der Waals surface area contributed by atoms with Gasteiger partial charge in [0, 0.05) is 22.5 Å². The molecule has 0 atom stereocenters. The second-order valence-corrected chi connectivity index (χ2v) is 5.19. The summed E-state index contributed by atoms with van der Waals surface area (Å²) >= 11 is 1.79. The number of hydrogen-bond donors (Lipinski definition) is 1. The van der Waals surface area contributed by atoms with Gasteiger partial charge in [0.25, 0.3) is 0 Å². The highest BCUT2D eigenvalue weighted by Crippen LogP contribution is 2.32. The standard InChI is InChI=1S/C15H19NS/c1-5-16-15-11(3)10(2)8-12-9-13(17-4)6-7-14(12)15/h6-9,16H,5H2,1-4H3. The Morgan fingerprint density at radius 3 is 2.59 bits per heavy atom. The Bertz CT molecular complexity index is 546. The normalized spacial score (nSPS) is 10.8. The first-order valence-electron chi connectivity index (χ1n) is 5.99. The molecule has 2 aromatic carbocycles. The van der Waals surface area contributed by atoms with Crippen LogP contribution in [0.4, 0.5) is 5.69 Å². The number of benzene rings is 2. The van der Waals surface area contributed by atoms with Gasteiger partial charge in [-0.25, -0.2) is 0 Å². The predicted molar refractivity (Wildman–Crippen MR) is 79.4 cm³/mol. The van der Waals surface area contributed by atoms with Crippen molar-refractivity contribution in [3.63, 3.8) is 0 Å². The molecule has 0 spiro atoms. The number of hydrogen-bond acceptors (Lipinski definition) is 2. The van der Waals surface area contributed by atoms with Crippen molar-refractivity contribution in [1.82, 2.24) is 0 Å². The largest absolute Gasteiger partial charge is 0.385 e. The van der Waals surface area contributed by atoms with E-state index >= 15 is 0 Å². The molecule has 0 radical (unpaired) electrons. The van der Waals surface area contributed by atoms with Crippen molar-refractivity contribution < 1.29 is 0 Å². The van der Waals surface area contributed by atoms with Crippen molar-refractivity contribution in [3.05, 3.63) is 35.4 Å². The first-order chi connectivity index (χ1) is 8.17. The van der Waals surface area contributed by atoms with Crippen LogP contribution in [0.15, 0.2) is 29.2 Å². The van der Waals surface area contributed by atoms with E-state index in [0.29, 0.717) is 0 Å². The predicted octanol–water partition coefficient (Wildman–Crippen LogP) is 4.61. The lowest BCUT2D eigenvalue weighted by molar-refractivity contribution is 1.20. The Morgan fingerprint density at radius 2 is 1.94 bits per heavy atom. The first kappa shape index (κ1) is 12.3. The highest BCUT2D eigenvalue weighted by atomic mass is 32.2. The number of fused-ring (bicyclic) bond motifs is 1. The molecular formula is C15H19NS. The number of rotatable bonds is 3. The Kier molecular flexibility index (Phi) is 3.63. The van der Waals surface area contributed by atoms with E-state index in [1.807, 2.05) is 0 Å². The first-order valence-corrected chi connectivity index (χ1v) is 7.21. The summed E-state index contributed by atoms with van der Waals surface area (Å²) in [6.45, 7) is 7.48. The van der Waals surface area contributed by atoms with Crippen LogP contribution in [0.3, 0.4) is 0 Å². The van der Waals surface area contributed by atoms with Gasteiger partial charge in [0.15, 0.2) is 0 Å². The molecule has 0 aliphatic rings. The molecule has 90 valence electrons. The molecule has 2 heteroatoms. The maximum absolute atomic E-state index is 3.49. The molecule has 0 heterocycles. The molecule has 0 bridgehead atoms. The van der Waals surface area contributed by atoms with Gasteiger partial charge in [-0.1, -0.05) is 12.1 Å². The van der Waals surface area contributed by atoms with Gasteiger partial charge in [0.05, 0.1) is 0 Å². The SMILES string of the molecule is CCNc1c(C)c(C)cc2cc(SC)ccc12. The molecule has 0 fully saturated rings. The average Bonchev–Trinajstić information content (AvgIpc) is 2.34. The summed E-state index contributed by atoms with van der Waals surface area (Å²) < 4.78 is 0.